The van der Waals surface area contributed by atoms with Gasteiger partial charge in [-0.05, 0) is 13.0 Å². The Morgan fingerprint density at radius 1 is 1.21 bits per heavy atom. The fourth-order valence-electron chi connectivity index (χ4n) is 0.782. The molecular weight excluding hydrogens is 195 g/mol. The summed E-state index contributed by atoms with van der Waals surface area (Å²) in [6, 6.07) is 0. The van der Waals surface area contributed by atoms with Crippen LogP contribution in [-0.4, -0.2) is 25.9 Å². The standard InChI is InChI=1S/C9H18F3NO/c1-8(2,6-13)7-14-5-3-4-9(10,11)12/h3-7,13H2,1-2H3. The van der Waals surface area contributed by atoms with Crippen molar-refractivity contribution in [1.29, 1.82) is 0 Å². The lowest BCUT2D eigenvalue weighted by Crippen LogP contribution is -2.29. The van der Waals surface area contributed by atoms with E-state index in [-0.39, 0.29) is 18.4 Å². The van der Waals surface area contributed by atoms with E-state index in [9.17, 15) is 13.2 Å². The molecule has 0 amide bonds. The van der Waals surface area contributed by atoms with Crippen molar-refractivity contribution in [3.8, 4) is 0 Å². The second kappa shape index (κ2) is 5.56. The van der Waals surface area contributed by atoms with Gasteiger partial charge in [-0.15, -0.1) is 0 Å². The summed E-state index contributed by atoms with van der Waals surface area (Å²) < 4.78 is 40.2. The molecule has 2 nitrogen and oxygen atoms in total. The highest BCUT2D eigenvalue weighted by Crippen LogP contribution is 2.21. The number of halogens is 3. The van der Waals surface area contributed by atoms with Gasteiger partial charge >= 0.3 is 6.18 Å². The highest BCUT2D eigenvalue weighted by molar-refractivity contribution is 4.67. The molecule has 0 fully saturated rings. The fourth-order valence-corrected chi connectivity index (χ4v) is 0.782. The van der Waals surface area contributed by atoms with Crippen LogP contribution in [0.15, 0.2) is 0 Å². The van der Waals surface area contributed by atoms with Gasteiger partial charge in [-0.3, -0.25) is 0 Å². The van der Waals surface area contributed by atoms with Crippen LogP contribution < -0.4 is 5.73 Å². The van der Waals surface area contributed by atoms with Gasteiger partial charge in [-0.2, -0.15) is 13.2 Å². The molecular formula is C9H18F3NO. The van der Waals surface area contributed by atoms with Crippen molar-refractivity contribution in [3.63, 3.8) is 0 Å². The van der Waals surface area contributed by atoms with E-state index in [4.69, 9.17) is 10.5 Å². The highest BCUT2D eigenvalue weighted by atomic mass is 19.4. The maximum atomic E-state index is 11.7. The highest BCUT2D eigenvalue weighted by Gasteiger charge is 2.26. The fraction of sp³-hybridized carbons (Fsp3) is 1.00. The predicted molar refractivity (Wildman–Crippen MR) is 48.9 cm³/mol. The second-order valence-electron chi connectivity index (χ2n) is 4.14. The first-order valence-corrected chi connectivity index (χ1v) is 4.61. The summed E-state index contributed by atoms with van der Waals surface area (Å²) in [5.41, 5.74) is 5.28. The molecule has 0 aromatic carbocycles. The van der Waals surface area contributed by atoms with Crippen molar-refractivity contribution in [2.75, 3.05) is 19.8 Å². The molecule has 0 saturated carbocycles. The number of hydrogen-bond acceptors (Lipinski definition) is 2. The molecule has 0 unspecified atom stereocenters. The average molecular weight is 213 g/mol. The minimum Gasteiger partial charge on any atom is -0.381 e. The quantitative estimate of drug-likeness (QED) is 0.687. The maximum absolute atomic E-state index is 11.7. The summed E-state index contributed by atoms with van der Waals surface area (Å²) in [5, 5.41) is 0. The van der Waals surface area contributed by atoms with Gasteiger partial charge in [0.25, 0.3) is 0 Å². The first-order chi connectivity index (χ1) is 6.27. The lowest BCUT2D eigenvalue weighted by atomic mass is 9.95. The van der Waals surface area contributed by atoms with E-state index >= 15 is 0 Å². The van der Waals surface area contributed by atoms with Gasteiger partial charge in [0.2, 0.25) is 0 Å². The Morgan fingerprint density at radius 2 is 1.79 bits per heavy atom. The molecule has 0 atom stereocenters. The lowest BCUT2D eigenvalue weighted by Gasteiger charge is -2.21. The molecule has 0 bridgehead atoms. The summed E-state index contributed by atoms with van der Waals surface area (Å²) in [7, 11) is 0. The van der Waals surface area contributed by atoms with Crippen molar-refractivity contribution < 1.29 is 17.9 Å². The predicted octanol–water partition coefficient (Wildman–Crippen LogP) is 2.33. The number of ether oxygens (including phenoxy) is 1. The molecule has 86 valence electrons. The molecule has 0 radical (unpaired) electrons. The summed E-state index contributed by atoms with van der Waals surface area (Å²) >= 11 is 0. The van der Waals surface area contributed by atoms with E-state index in [1.165, 1.54) is 0 Å². The Bertz CT molecular complexity index is 157. The molecule has 0 heterocycles. The van der Waals surface area contributed by atoms with Gasteiger partial charge in [0.1, 0.15) is 0 Å². The van der Waals surface area contributed by atoms with Crippen molar-refractivity contribution >= 4 is 0 Å². The van der Waals surface area contributed by atoms with Crippen LogP contribution in [0.3, 0.4) is 0 Å². The average Bonchev–Trinajstić information content (AvgIpc) is 2.01. The maximum Gasteiger partial charge on any atom is 0.389 e. The van der Waals surface area contributed by atoms with Gasteiger partial charge in [0, 0.05) is 18.4 Å². The normalized spacial score (nSPS) is 13.3. The topological polar surface area (TPSA) is 35.2 Å². The summed E-state index contributed by atoms with van der Waals surface area (Å²) in [4.78, 5) is 0. The van der Waals surface area contributed by atoms with Gasteiger partial charge in [0.15, 0.2) is 0 Å². The largest absolute Gasteiger partial charge is 0.389 e. The second-order valence-corrected chi connectivity index (χ2v) is 4.14. The SMILES string of the molecule is CC(C)(CN)COCCCC(F)(F)F. The van der Waals surface area contributed by atoms with Crippen LogP contribution >= 0.6 is 0 Å². The monoisotopic (exact) mass is 213 g/mol. The molecule has 0 aromatic heterocycles. The summed E-state index contributed by atoms with van der Waals surface area (Å²) in [6.45, 7) is 4.84. The van der Waals surface area contributed by atoms with Crippen molar-refractivity contribution in [1.82, 2.24) is 0 Å². The summed E-state index contributed by atoms with van der Waals surface area (Å²) in [6.07, 6.45) is -4.84. The zero-order valence-corrected chi connectivity index (χ0v) is 8.66. The third-order valence-electron chi connectivity index (χ3n) is 1.79. The third kappa shape index (κ3) is 8.31. The number of rotatable bonds is 6. The minimum atomic E-state index is -4.08. The van der Waals surface area contributed by atoms with E-state index < -0.39 is 12.6 Å². The van der Waals surface area contributed by atoms with Crippen LogP contribution in [0.5, 0.6) is 0 Å². The smallest absolute Gasteiger partial charge is 0.381 e. The Kier molecular flexibility index (Phi) is 5.44. The number of nitrogens with two attached hydrogens (primary N) is 1. The zero-order chi connectivity index (χ0) is 11.2. The molecule has 0 spiro atoms. The molecule has 0 saturated heterocycles. The van der Waals surface area contributed by atoms with Crippen LogP contribution in [-0.2, 0) is 4.74 Å². The van der Waals surface area contributed by atoms with Crippen LogP contribution in [0.2, 0.25) is 0 Å². The van der Waals surface area contributed by atoms with Crippen LogP contribution in [0.25, 0.3) is 0 Å². The molecule has 0 aliphatic heterocycles. The number of alkyl halides is 3. The minimum absolute atomic E-state index is 0.0180. The zero-order valence-electron chi connectivity index (χ0n) is 8.66. The van der Waals surface area contributed by atoms with E-state index in [2.05, 4.69) is 0 Å². The molecule has 2 N–H and O–H groups in total. The Hall–Kier alpha value is -0.290. The molecule has 0 aliphatic rings. The summed E-state index contributed by atoms with van der Waals surface area (Å²) in [5.74, 6) is 0. The lowest BCUT2D eigenvalue weighted by molar-refractivity contribution is -0.138. The third-order valence-corrected chi connectivity index (χ3v) is 1.79. The van der Waals surface area contributed by atoms with Gasteiger partial charge in [-0.25, -0.2) is 0 Å². The molecule has 0 rings (SSSR count). The van der Waals surface area contributed by atoms with Crippen molar-refractivity contribution in [2.45, 2.75) is 32.9 Å². The van der Waals surface area contributed by atoms with Crippen molar-refractivity contribution in [3.05, 3.63) is 0 Å². The van der Waals surface area contributed by atoms with Gasteiger partial charge in [0.05, 0.1) is 6.61 Å². The number of hydrogen-bond donors (Lipinski definition) is 1. The Labute approximate surface area is 82.6 Å². The molecule has 0 aromatic rings. The Balaban J connectivity index is 3.39. The van der Waals surface area contributed by atoms with E-state index in [1.54, 1.807) is 0 Å². The molecule has 14 heavy (non-hydrogen) atoms. The van der Waals surface area contributed by atoms with E-state index in [0.717, 1.165) is 0 Å². The van der Waals surface area contributed by atoms with Crippen LogP contribution in [0, 0.1) is 5.41 Å². The van der Waals surface area contributed by atoms with Crippen LogP contribution in [0.4, 0.5) is 13.2 Å². The van der Waals surface area contributed by atoms with E-state index in [1.807, 2.05) is 13.8 Å². The van der Waals surface area contributed by atoms with E-state index in [0.29, 0.717) is 13.2 Å². The first kappa shape index (κ1) is 13.7. The van der Waals surface area contributed by atoms with Gasteiger partial charge in [-0.1, -0.05) is 13.8 Å². The van der Waals surface area contributed by atoms with Crippen molar-refractivity contribution in [2.24, 2.45) is 11.1 Å². The van der Waals surface area contributed by atoms with Gasteiger partial charge < -0.3 is 10.5 Å². The first-order valence-electron chi connectivity index (χ1n) is 4.61. The molecule has 5 heteroatoms. The van der Waals surface area contributed by atoms with Crippen LogP contribution in [0.1, 0.15) is 26.7 Å². The Morgan fingerprint density at radius 3 is 2.21 bits per heavy atom. The molecule has 0 aliphatic carbocycles.